The van der Waals surface area contributed by atoms with Gasteiger partial charge in [0.2, 0.25) is 0 Å². The molecule has 0 fully saturated rings. The molecule has 0 radical (unpaired) electrons. The van der Waals surface area contributed by atoms with E-state index < -0.39 is 0 Å². The highest BCUT2D eigenvalue weighted by Gasteiger charge is 2.03. The Balaban J connectivity index is 2.39. The van der Waals surface area contributed by atoms with Gasteiger partial charge in [0.1, 0.15) is 5.82 Å². The topological polar surface area (TPSA) is 67.6 Å². The summed E-state index contributed by atoms with van der Waals surface area (Å²) >= 11 is 0. The number of nitrogens with two attached hydrogens (primary N) is 1. The van der Waals surface area contributed by atoms with Crippen LogP contribution in [-0.2, 0) is 12.8 Å². The molecule has 1 rings (SSSR count). The van der Waals surface area contributed by atoms with Gasteiger partial charge in [-0.1, -0.05) is 6.92 Å². The van der Waals surface area contributed by atoms with E-state index >= 15 is 0 Å². The van der Waals surface area contributed by atoms with Gasteiger partial charge in [-0.15, -0.1) is 0 Å². The zero-order chi connectivity index (χ0) is 9.68. The Bertz CT molecular complexity index is 242. The van der Waals surface area contributed by atoms with Crippen LogP contribution < -0.4 is 5.73 Å². The summed E-state index contributed by atoms with van der Waals surface area (Å²) in [4.78, 5) is 4.35. The number of aromatic nitrogens is 3. The third kappa shape index (κ3) is 3.55. The van der Waals surface area contributed by atoms with Gasteiger partial charge < -0.3 is 5.73 Å². The van der Waals surface area contributed by atoms with Crippen molar-refractivity contribution in [2.45, 2.75) is 45.6 Å². The van der Waals surface area contributed by atoms with E-state index in [1.54, 1.807) is 0 Å². The molecule has 0 spiro atoms. The lowest BCUT2D eigenvalue weighted by atomic mass is 10.2. The van der Waals surface area contributed by atoms with E-state index in [2.05, 4.69) is 22.1 Å². The van der Waals surface area contributed by atoms with Gasteiger partial charge in [-0.25, -0.2) is 4.98 Å². The van der Waals surface area contributed by atoms with Crippen LogP contribution in [-0.4, -0.2) is 21.2 Å². The maximum absolute atomic E-state index is 5.64. The van der Waals surface area contributed by atoms with Crippen molar-refractivity contribution < 1.29 is 0 Å². The molecule has 0 bridgehead atoms. The maximum atomic E-state index is 5.64. The van der Waals surface area contributed by atoms with E-state index in [1.165, 1.54) is 0 Å². The summed E-state index contributed by atoms with van der Waals surface area (Å²) in [5, 5.41) is 7.04. The first-order valence-electron chi connectivity index (χ1n) is 4.88. The van der Waals surface area contributed by atoms with E-state index in [1.807, 2.05) is 6.92 Å². The summed E-state index contributed by atoms with van der Waals surface area (Å²) in [5.41, 5.74) is 5.64. The molecule has 0 aliphatic heterocycles. The zero-order valence-corrected chi connectivity index (χ0v) is 8.38. The van der Waals surface area contributed by atoms with E-state index in [4.69, 9.17) is 5.73 Å². The van der Waals surface area contributed by atoms with E-state index in [0.717, 1.165) is 37.3 Å². The highest BCUT2D eigenvalue weighted by atomic mass is 15.2. The average Bonchev–Trinajstić information content (AvgIpc) is 2.50. The van der Waals surface area contributed by atoms with E-state index in [0.29, 0.717) is 0 Å². The van der Waals surface area contributed by atoms with Crippen LogP contribution >= 0.6 is 0 Å². The second kappa shape index (κ2) is 4.97. The summed E-state index contributed by atoms with van der Waals surface area (Å²) in [7, 11) is 0. The smallest absolute Gasteiger partial charge is 0.150 e. The van der Waals surface area contributed by atoms with Gasteiger partial charge in [0.05, 0.1) is 0 Å². The highest BCUT2D eigenvalue weighted by Crippen LogP contribution is 2.00. The summed E-state index contributed by atoms with van der Waals surface area (Å²) in [5.74, 6) is 1.88. The van der Waals surface area contributed by atoms with Crippen LogP contribution in [0.5, 0.6) is 0 Å². The molecule has 0 aromatic carbocycles. The molecular weight excluding hydrogens is 164 g/mol. The monoisotopic (exact) mass is 182 g/mol. The largest absolute Gasteiger partial charge is 0.328 e. The number of aryl methyl sites for hydroxylation is 2. The van der Waals surface area contributed by atoms with Gasteiger partial charge in [0.25, 0.3) is 0 Å². The third-order valence-corrected chi connectivity index (χ3v) is 1.89. The van der Waals surface area contributed by atoms with Crippen molar-refractivity contribution in [3.63, 3.8) is 0 Å². The Kier molecular flexibility index (Phi) is 3.89. The van der Waals surface area contributed by atoms with Gasteiger partial charge in [0.15, 0.2) is 5.82 Å². The summed E-state index contributed by atoms with van der Waals surface area (Å²) in [6.07, 6.45) is 3.90. The molecule has 0 saturated carbocycles. The molecule has 0 aliphatic carbocycles. The fourth-order valence-electron chi connectivity index (χ4n) is 1.15. The van der Waals surface area contributed by atoms with Gasteiger partial charge in [-0.3, -0.25) is 5.10 Å². The van der Waals surface area contributed by atoms with Gasteiger partial charge in [-0.2, -0.15) is 5.10 Å². The van der Waals surface area contributed by atoms with Crippen molar-refractivity contribution in [3.8, 4) is 0 Å². The number of nitrogens with one attached hydrogen (secondary N) is 1. The Morgan fingerprint density at radius 2 is 2.23 bits per heavy atom. The number of rotatable bonds is 5. The molecule has 1 aromatic heterocycles. The molecule has 13 heavy (non-hydrogen) atoms. The minimum Gasteiger partial charge on any atom is -0.328 e. The highest BCUT2D eigenvalue weighted by molar-refractivity contribution is 4.90. The first kappa shape index (κ1) is 10.2. The second-order valence-electron chi connectivity index (χ2n) is 3.46. The van der Waals surface area contributed by atoms with Crippen molar-refractivity contribution in [2.24, 2.45) is 5.73 Å². The average molecular weight is 182 g/mol. The van der Waals surface area contributed by atoms with E-state index in [-0.39, 0.29) is 6.04 Å². The Hall–Kier alpha value is -0.900. The molecule has 1 heterocycles. The first-order chi connectivity index (χ1) is 6.22. The first-order valence-corrected chi connectivity index (χ1v) is 4.88. The molecule has 1 atom stereocenters. The van der Waals surface area contributed by atoms with Crippen LogP contribution in [0.15, 0.2) is 0 Å². The fourth-order valence-corrected chi connectivity index (χ4v) is 1.15. The van der Waals surface area contributed by atoms with Crippen LogP contribution in [0.25, 0.3) is 0 Å². The van der Waals surface area contributed by atoms with Crippen LogP contribution in [0.2, 0.25) is 0 Å². The molecule has 1 unspecified atom stereocenters. The van der Waals surface area contributed by atoms with E-state index in [9.17, 15) is 0 Å². The number of aromatic amines is 1. The second-order valence-corrected chi connectivity index (χ2v) is 3.46. The lowest BCUT2D eigenvalue weighted by Crippen LogP contribution is -2.15. The molecule has 0 aliphatic rings. The molecular formula is C9H18N4. The summed E-state index contributed by atoms with van der Waals surface area (Å²) in [6, 6.07) is 0.230. The van der Waals surface area contributed by atoms with Crippen molar-refractivity contribution in [3.05, 3.63) is 11.6 Å². The minimum absolute atomic E-state index is 0.230. The molecule has 4 nitrogen and oxygen atoms in total. The lowest BCUT2D eigenvalue weighted by molar-refractivity contribution is 0.649. The molecule has 74 valence electrons. The Labute approximate surface area is 78.9 Å². The zero-order valence-electron chi connectivity index (χ0n) is 8.38. The van der Waals surface area contributed by atoms with Gasteiger partial charge in [0, 0.05) is 18.9 Å². The Morgan fingerprint density at radius 3 is 2.85 bits per heavy atom. The van der Waals surface area contributed by atoms with Crippen molar-refractivity contribution in [1.29, 1.82) is 0 Å². The number of hydrogen-bond donors (Lipinski definition) is 2. The minimum atomic E-state index is 0.230. The predicted molar refractivity (Wildman–Crippen MR) is 52.3 cm³/mol. The van der Waals surface area contributed by atoms with Crippen molar-refractivity contribution in [2.75, 3.05) is 0 Å². The fraction of sp³-hybridized carbons (Fsp3) is 0.778. The Morgan fingerprint density at radius 1 is 1.46 bits per heavy atom. The predicted octanol–water partition coefficient (Wildman–Crippen LogP) is 1.04. The number of hydrogen-bond acceptors (Lipinski definition) is 3. The normalized spacial score (nSPS) is 13.2. The van der Waals surface area contributed by atoms with Crippen LogP contribution in [0.4, 0.5) is 0 Å². The lowest BCUT2D eigenvalue weighted by Gasteiger charge is -1.99. The molecule has 0 saturated heterocycles. The summed E-state index contributed by atoms with van der Waals surface area (Å²) in [6.45, 7) is 4.13. The molecule has 4 heteroatoms. The third-order valence-electron chi connectivity index (χ3n) is 1.89. The maximum Gasteiger partial charge on any atom is 0.150 e. The van der Waals surface area contributed by atoms with Crippen LogP contribution in [0.3, 0.4) is 0 Å². The molecule has 1 aromatic rings. The quantitative estimate of drug-likeness (QED) is 0.715. The summed E-state index contributed by atoms with van der Waals surface area (Å²) < 4.78 is 0. The molecule has 0 amide bonds. The van der Waals surface area contributed by atoms with Crippen LogP contribution in [0, 0.1) is 0 Å². The van der Waals surface area contributed by atoms with Gasteiger partial charge in [-0.05, 0) is 19.8 Å². The van der Waals surface area contributed by atoms with Crippen molar-refractivity contribution >= 4 is 0 Å². The van der Waals surface area contributed by atoms with Crippen molar-refractivity contribution in [1.82, 2.24) is 15.2 Å². The standard InChI is InChI=1S/C9H18N4/c1-3-4-8-11-9(13-12-8)6-5-7(2)10/h7H,3-6,10H2,1-2H3,(H,11,12,13). The molecule has 3 N–H and O–H groups in total. The van der Waals surface area contributed by atoms with Gasteiger partial charge >= 0.3 is 0 Å². The SMILES string of the molecule is CCCc1nc(CCC(C)N)n[nH]1. The number of nitrogens with zero attached hydrogens (tertiary/aromatic N) is 2. The number of H-pyrrole nitrogens is 1. The van der Waals surface area contributed by atoms with Crippen LogP contribution in [0.1, 0.15) is 38.3 Å².